The number of nitrogens with one attached hydrogen (secondary N) is 1. The van der Waals surface area contributed by atoms with E-state index in [-0.39, 0.29) is 17.1 Å². The Morgan fingerprint density at radius 1 is 1.29 bits per heavy atom. The molecule has 0 atom stereocenters. The number of ether oxygens (including phenoxy) is 1. The van der Waals surface area contributed by atoms with Gasteiger partial charge in [0, 0.05) is 23.2 Å². The van der Waals surface area contributed by atoms with Gasteiger partial charge in [-0.05, 0) is 18.2 Å². The molecule has 7 nitrogen and oxygen atoms in total. The summed E-state index contributed by atoms with van der Waals surface area (Å²) in [7, 11) is 0. The van der Waals surface area contributed by atoms with E-state index in [1.54, 1.807) is 18.2 Å². The van der Waals surface area contributed by atoms with Gasteiger partial charge in [0.15, 0.2) is 6.29 Å². The average molecular weight is 283 g/mol. The molecule has 3 rings (SSSR count). The Hall–Kier alpha value is -3.22. The first-order valence-corrected chi connectivity index (χ1v) is 5.97. The first-order valence-electron chi connectivity index (χ1n) is 5.97. The van der Waals surface area contributed by atoms with E-state index in [0.717, 1.165) is 0 Å². The molecule has 104 valence electrons. The van der Waals surface area contributed by atoms with Crippen molar-refractivity contribution in [2.45, 2.75) is 0 Å². The monoisotopic (exact) mass is 283 g/mol. The highest BCUT2D eigenvalue weighted by Crippen LogP contribution is 2.26. The number of benzene rings is 1. The third-order valence-electron chi connectivity index (χ3n) is 2.89. The maximum atomic E-state index is 11.1. The highest BCUT2D eigenvalue weighted by Gasteiger charge is 2.11. The van der Waals surface area contributed by atoms with E-state index in [1.807, 2.05) is 0 Å². The largest absolute Gasteiger partial charge is 0.478 e. The molecule has 2 aromatic heterocycles. The number of carboxylic acid groups (broad SMARTS) is 1. The molecule has 2 N–H and O–H groups in total. The van der Waals surface area contributed by atoms with E-state index in [2.05, 4.69) is 15.0 Å². The van der Waals surface area contributed by atoms with Gasteiger partial charge in [0.25, 0.3) is 0 Å². The summed E-state index contributed by atoms with van der Waals surface area (Å²) < 4.78 is 5.52. The maximum absolute atomic E-state index is 11.1. The molecule has 0 unspecified atom stereocenters. The van der Waals surface area contributed by atoms with Crippen molar-refractivity contribution < 1.29 is 19.4 Å². The van der Waals surface area contributed by atoms with Crippen LogP contribution in [0.4, 0.5) is 0 Å². The highest BCUT2D eigenvalue weighted by atomic mass is 16.5. The minimum Gasteiger partial charge on any atom is -0.478 e. The lowest BCUT2D eigenvalue weighted by Crippen LogP contribution is -1.95. The number of carboxylic acids is 1. The number of aromatic carboxylic acids is 1. The molecule has 2 heterocycles. The van der Waals surface area contributed by atoms with Crippen LogP contribution in [-0.2, 0) is 0 Å². The Bertz CT molecular complexity index is 841. The number of fused-ring (bicyclic) bond motifs is 1. The zero-order valence-electron chi connectivity index (χ0n) is 10.6. The van der Waals surface area contributed by atoms with Crippen LogP contribution < -0.4 is 4.74 Å². The Balaban J connectivity index is 1.98. The third kappa shape index (κ3) is 2.44. The average Bonchev–Trinajstić information content (AvgIpc) is 2.91. The predicted molar refractivity (Wildman–Crippen MR) is 72.8 cm³/mol. The van der Waals surface area contributed by atoms with Crippen LogP contribution >= 0.6 is 0 Å². The smallest absolute Gasteiger partial charge is 0.337 e. The lowest BCUT2D eigenvalue weighted by Gasteiger charge is -2.05. The summed E-state index contributed by atoms with van der Waals surface area (Å²) in [4.78, 5) is 32.3. The number of hydrogen-bond donors (Lipinski definition) is 2. The predicted octanol–water partition coefficient (Wildman–Crippen LogP) is 2.26. The number of nitrogens with zero attached hydrogens (tertiary/aromatic N) is 2. The van der Waals surface area contributed by atoms with Gasteiger partial charge in [0.05, 0.1) is 5.56 Å². The van der Waals surface area contributed by atoms with Crippen LogP contribution in [0.3, 0.4) is 0 Å². The van der Waals surface area contributed by atoms with Crippen LogP contribution in [0.1, 0.15) is 20.8 Å². The maximum Gasteiger partial charge on any atom is 0.337 e. The molecule has 0 aliphatic heterocycles. The SMILES string of the molecule is O=Cc1cc(Oc2ccc3[nH]cc(C(=O)O)c3c2)ncn1. The summed E-state index contributed by atoms with van der Waals surface area (Å²) in [5.41, 5.74) is 1.05. The summed E-state index contributed by atoms with van der Waals surface area (Å²) in [6.07, 6.45) is 3.23. The van der Waals surface area contributed by atoms with Crippen LogP contribution in [0.15, 0.2) is 36.8 Å². The molecule has 0 saturated heterocycles. The molecule has 0 bridgehead atoms. The Morgan fingerprint density at radius 3 is 2.90 bits per heavy atom. The van der Waals surface area contributed by atoms with Gasteiger partial charge in [0.1, 0.15) is 17.8 Å². The molecule has 0 radical (unpaired) electrons. The van der Waals surface area contributed by atoms with Gasteiger partial charge in [-0.3, -0.25) is 4.79 Å². The first kappa shape index (κ1) is 12.8. The second kappa shape index (κ2) is 5.04. The molecule has 21 heavy (non-hydrogen) atoms. The lowest BCUT2D eigenvalue weighted by molar-refractivity contribution is 0.0699. The molecular formula is C14H9N3O4. The quantitative estimate of drug-likeness (QED) is 0.711. The van der Waals surface area contributed by atoms with Crippen molar-refractivity contribution in [3.63, 3.8) is 0 Å². The number of carbonyl (C=O) groups is 2. The van der Waals surface area contributed by atoms with Crippen molar-refractivity contribution in [3.8, 4) is 11.6 Å². The van der Waals surface area contributed by atoms with Crippen molar-refractivity contribution in [2.24, 2.45) is 0 Å². The summed E-state index contributed by atoms with van der Waals surface area (Å²) in [6, 6.07) is 6.37. The Morgan fingerprint density at radius 2 is 2.14 bits per heavy atom. The number of H-pyrrole nitrogens is 1. The summed E-state index contributed by atoms with van der Waals surface area (Å²) in [5, 5.41) is 9.63. The minimum absolute atomic E-state index is 0.159. The molecule has 7 heteroatoms. The van der Waals surface area contributed by atoms with Crippen LogP contribution in [0.5, 0.6) is 11.6 Å². The molecule has 3 aromatic rings. The zero-order valence-corrected chi connectivity index (χ0v) is 10.6. The second-order valence-corrected chi connectivity index (χ2v) is 4.22. The number of aromatic amines is 1. The van der Waals surface area contributed by atoms with Crippen molar-refractivity contribution in [1.82, 2.24) is 15.0 Å². The van der Waals surface area contributed by atoms with E-state index in [4.69, 9.17) is 9.84 Å². The summed E-state index contributed by atoms with van der Waals surface area (Å²) in [6.45, 7) is 0. The van der Waals surface area contributed by atoms with Gasteiger partial charge in [-0.15, -0.1) is 0 Å². The molecule has 0 spiro atoms. The van der Waals surface area contributed by atoms with Gasteiger partial charge in [-0.25, -0.2) is 14.8 Å². The van der Waals surface area contributed by atoms with E-state index in [0.29, 0.717) is 22.9 Å². The van der Waals surface area contributed by atoms with Crippen molar-refractivity contribution >= 4 is 23.2 Å². The summed E-state index contributed by atoms with van der Waals surface area (Å²) in [5.74, 6) is -0.400. The zero-order chi connectivity index (χ0) is 14.8. The van der Waals surface area contributed by atoms with E-state index < -0.39 is 5.97 Å². The molecule has 0 saturated carbocycles. The van der Waals surface area contributed by atoms with Crippen molar-refractivity contribution in [1.29, 1.82) is 0 Å². The van der Waals surface area contributed by atoms with Crippen LogP contribution in [0.25, 0.3) is 10.9 Å². The van der Waals surface area contributed by atoms with Gasteiger partial charge < -0.3 is 14.8 Å². The van der Waals surface area contributed by atoms with Gasteiger partial charge in [-0.1, -0.05) is 0 Å². The van der Waals surface area contributed by atoms with E-state index >= 15 is 0 Å². The minimum atomic E-state index is -1.02. The fourth-order valence-corrected chi connectivity index (χ4v) is 1.93. The molecule has 0 aliphatic rings. The van der Waals surface area contributed by atoms with Gasteiger partial charge >= 0.3 is 5.97 Å². The number of hydrogen-bond acceptors (Lipinski definition) is 5. The Labute approximate surface area is 118 Å². The normalized spacial score (nSPS) is 10.5. The number of aldehydes is 1. The van der Waals surface area contributed by atoms with Crippen molar-refractivity contribution in [2.75, 3.05) is 0 Å². The summed E-state index contributed by atoms with van der Waals surface area (Å²) >= 11 is 0. The number of carbonyl (C=O) groups excluding carboxylic acids is 1. The van der Waals surface area contributed by atoms with E-state index in [9.17, 15) is 9.59 Å². The van der Waals surface area contributed by atoms with Crippen LogP contribution in [-0.4, -0.2) is 32.3 Å². The third-order valence-corrected chi connectivity index (χ3v) is 2.89. The molecule has 0 fully saturated rings. The van der Waals surface area contributed by atoms with Crippen LogP contribution in [0.2, 0.25) is 0 Å². The first-order chi connectivity index (χ1) is 10.2. The second-order valence-electron chi connectivity index (χ2n) is 4.22. The molecular weight excluding hydrogens is 274 g/mol. The van der Waals surface area contributed by atoms with Crippen LogP contribution in [0, 0.1) is 0 Å². The molecule has 0 aliphatic carbocycles. The Kier molecular flexibility index (Phi) is 3.07. The highest BCUT2D eigenvalue weighted by molar-refractivity contribution is 6.03. The van der Waals surface area contributed by atoms with Gasteiger partial charge in [0.2, 0.25) is 5.88 Å². The van der Waals surface area contributed by atoms with Crippen molar-refractivity contribution in [3.05, 3.63) is 48.0 Å². The molecule has 0 amide bonds. The van der Waals surface area contributed by atoms with E-state index in [1.165, 1.54) is 18.6 Å². The number of aromatic nitrogens is 3. The standard InChI is InChI=1S/C14H9N3O4/c18-6-8-3-13(17-7-16-8)21-9-1-2-12-10(4-9)11(5-15-12)14(19)20/h1-7,15H,(H,19,20). The number of rotatable bonds is 4. The van der Waals surface area contributed by atoms with Gasteiger partial charge in [-0.2, -0.15) is 0 Å². The molecule has 1 aromatic carbocycles. The fourth-order valence-electron chi connectivity index (χ4n) is 1.93. The topological polar surface area (TPSA) is 105 Å². The fraction of sp³-hybridized carbons (Fsp3) is 0. The lowest BCUT2D eigenvalue weighted by atomic mass is 10.1.